The molecule has 0 aliphatic heterocycles. The van der Waals surface area contributed by atoms with E-state index in [9.17, 15) is 0 Å². The number of aryl methyl sites for hydroxylation is 1. The van der Waals surface area contributed by atoms with Crippen LogP contribution in [0, 0.1) is 0 Å². The quantitative estimate of drug-likeness (QED) is 0.751. The summed E-state index contributed by atoms with van der Waals surface area (Å²) in [5.74, 6) is 0. The molecule has 0 aliphatic rings. The molecule has 3 heteroatoms. The van der Waals surface area contributed by atoms with Crippen molar-refractivity contribution in [1.82, 2.24) is 14.9 Å². The normalized spacial score (nSPS) is 13.3. The van der Waals surface area contributed by atoms with E-state index in [1.807, 2.05) is 18.7 Å². The van der Waals surface area contributed by atoms with Crippen molar-refractivity contribution in [2.45, 2.75) is 51.6 Å². The first-order valence-electron chi connectivity index (χ1n) is 7.82. The molecule has 2 rings (SSSR count). The molecule has 0 saturated carbocycles. The van der Waals surface area contributed by atoms with Crippen LogP contribution >= 0.6 is 0 Å². The smallest absolute Gasteiger partial charge is 0.0945 e. The molecule has 0 bridgehead atoms. The average molecular weight is 285 g/mol. The highest BCUT2D eigenvalue weighted by atomic mass is 15.0. The predicted molar refractivity (Wildman–Crippen MR) is 88.4 cm³/mol. The number of hydrogen-bond donors (Lipinski definition) is 1. The molecule has 0 aliphatic carbocycles. The highest BCUT2D eigenvalue weighted by Crippen LogP contribution is 2.27. The second kappa shape index (κ2) is 7.41. The average Bonchev–Trinajstić information content (AvgIpc) is 2.97. The minimum atomic E-state index is 0.206. The highest BCUT2D eigenvalue weighted by molar-refractivity contribution is 5.23. The Morgan fingerprint density at radius 3 is 2.67 bits per heavy atom. The molecule has 1 atom stereocenters. The largest absolute Gasteiger partial charge is 0.337 e. The van der Waals surface area contributed by atoms with E-state index in [4.69, 9.17) is 0 Å². The van der Waals surface area contributed by atoms with Gasteiger partial charge in [0.15, 0.2) is 0 Å². The molecular formula is C18H27N3. The van der Waals surface area contributed by atoms with Gasteiger partial charge in [0, 0.05) is 25.0 Å². The van der Waals surface area contributed by atoms with E-state index in [0.29, 0.717) is 6.04 Å². The van der Waals surface area contributed by atoms with Crippen LogP contribution in [-0.4, -0.2) is 22.1 Å². The fourth-order valence-electron chi connectivity index (χ4n) is 2.87. The molecule has 0 amide bonds. The maximum Gasteiger partial charge on any atom is 0.0945 e. The molecule has 0 spiro atoms. The lowest BCUT2D eigenvalue weighted by Gasteiger charge is -2.29. The van der Waals surface area contributed by atoms with Gasteiger partial charge in [0.05, 0.1) is 6.33 Å². The van der Waals surface area contributed by atoms with Gasteiger partial charge in [-0.05, 0) is 37.3 Å². The van der Waals surface area contributed by atoms with Gasteiger partial charge in [0.2, 0.25) is 0 Å². The summed E-state index contributed by atoms with van der Waals surface area (Å²) in [7, 11) is 0. The Morgan fingerprint density at radius 1 is 1.24 bits per heavy atom. The lowest BCUT2D eigenvalue weighted by atomic mass is 9.79. The van der Waals surface area contributed by atoms with Crippen molar-refractivity contribution in [3.63, 3.8) is 0 Å². The summed E-state index contributed by atoms with van der Waals surface area (Å²) in [5.41, 5.74) is 1.62. The van der Waals surface area contributed by atoms with E-state index in [-0.39, 0.29) is 5.41 Å². The topological polar surface area (TPSA) is 29.9 Å². The first-order valence-corrected chi connectivity index (χ1v) is 7.82. The number of imidazole rings is 1. The van der Waals surface area contributed by atoms with Crippen LogP contribution in [0.3, 0.4) is 0 Å². The van der Waals surface area contributed by atoms with Crippen LogP contribution < -0.4 is 5.32 Å². The second-order valence-corrected chi connectivity index (χ2v) is 6.46. The Bertz CT molecular complexity index is 503. The van der Waals surface area contributed by atoms with Crippen LogP contribution in [0.15, 0.2) is 49.1 Å². The maximum absolute atomic E-state index is 4.06. The third-order valence-corrected chi connectivity index (χ3v) is 4.02. The van der Waals surface area contributed by atoms with Crippen molar-refractivity contribution in [2.24, 2.45) is 0 Å². The SMILES string of the molecule is CC(CC(C)(C)c1ccccc1)NCCCn1ccnc1. The zero-order valence-corrected chi connectivity index (χ0v) is 13.4. The molecule has 1 aromatic heterocycles. The minimum absolute atomic E-state index is 0.206. The minimum Gasteiger partial charge on any atom is -0.337 e. The van der Waals surface area contributed by atoms with Gasteiger partial charge < -0.3 is 9.88 Å². The Labute approximate surface area is 128 Å². The molecule has 1 unspecified atom stereocenters. The van der Waals surface area contributed by atoms with Crippen molar-refractivity contribution >= 4 is 0 Å². The molecule has 21 heavy (non-hydrogen) atoms. The van der Waals surface area contributed by atoms with Crippen LogP contribution in [0.5, 0.6) is 0 Å². The van der Waals surface area contributed by atoms with Gasteiger partial charge in [0.25, 0.3) is 0 Å². The van der Waals surface area contributed by atoms with E-state index >= 15 is 0 Å². The number of hydrogen-bond acceptors (Lipinski definition) is 2. The summed E-state index contributed by atoms with van der Waals surface area (Å²) in [6.45, 7) is 9.01. The predicted octanol–water partition coefficient (Wildman–Crippen LogP) is 3.62. The van der Waals surface area contributed by atoms with Gasteiger partial charge in [-0.15, -0.1) is 0 Å². The summed E-state index contributed by atoms with van der Waals surface area (Å²) in [6.07, 6.45) is 8.00. The summed E-state index contributed by atoms with van der Waals surface area (Å²) < 4.78 is 2.13. The zero-order chi connectivity index (χ0) is 15.1. The fraction of sp³-hybridized carbons (Fsp3) is 0.500. The summed E-state index contributed by atoms with van der Waals surface area (Å²) >= 11 is 0. The van der Waals surface area contributed by atoms with Gasteiger partial charge in [-0.3, -0.25) is 0 Å². The molecule has 1 heterocycles. The van der Waals surface area contributed by atoms with Gasteiger partial charge in [-0.2, -0.15) is 0 Å². The first kappa shape index (κ1) is 15.8. The number of nitrogens with one attached hydrogen (secondary N) is 1. The number of benzene rings is 1. The number of nitrogens with zero attached hydrogens (tertiary/aromatic N) is 2. The third kappa shape index (κ3) is 5.01. The van der Waals surface area contributed by atoms with Crippen molar-refractivity contribution in [3.05, 3.63) is 54.6 Å². The molecule has 0 saturated heterocycles. The third-order valence-electron chi connectivity index (χ3n) is 4.02. The molecular weight excluding hydrogens is 258 g/mol. The van der Waals surface area contributed by atoms with Crippen LogP contribution in [0.25, 0.3) is 0 Å². The van der Waals surface area contributed by atoms with Gasteiger partial charge in [0.1, 0.15) is 0 Å². The molecule has 0 radical (unpaired) electrons. The van der Waals surface area contributed by atoms with Crippen molar-refractivity contribution in [2.75, 3.05) is 6.54 Å². The fourth-order valence-corrected chi connectivity index (χ4v) is 2.87. The van der Waals surface area contributed by atoms with E-state index in [0.717, 1.165) is 25.9 Å². The first-order chi connectivity index (χ1) is 10.1. The van der Waals surface area contributed by atoms with E-state index in [1.54, 1.807) is 0 Å². The lowest BCUT2D eigenvalue weighted by Crippen LogP contribution is -2.34. The van der Waals surface area contributed by atoms with Crippen LogP contribution in [0.2, 0.25) is 0 Å². The summed E-state index contributed by atoms with van der Waals surface area (Å²) in [6, 6.07) is 11.3. The van der Waals surface area contributed by atoms with Crippen LogP contribution in [0.1, 0.15) is 39.2 Å². The van der Waals surface area contributed by atoms with E-state index < -0.39 is 0 Å². The van der Waals surface area contributed by atoms with Gasteiger partial charge in [-0.1, -0.05) is 44.2 Å². The molecule has 0 fully saturated rings. The Kier molecular flexibility index (Phi) is 5.57. The Morgan fingerprint density at radius 2 is 2.00 bits per heavy atom. The van der Waals surface area contributed by atoms with Crippen molar-refractivity contribution < 1.29 is 0 Å². The molecule has 3 nitrogen and oxygen atoms in total. The van der Waals surface area contributed by atoms with Crippen LogP contribution in [-0.2, 0) is 12.0 Å². The molecule has 114 valence electrons. The second-order valence-electron chi connectivity index (χ2n) is 6.46. The monoisotopic (exact) mass is 285 g/mol. The summed E-state index contributed by atoms with van der Waals surface area (Å²) in [4.78, 5) is 4.06. The summed E-state index contributed by atoms with van der Waals surface area (Å²) in [5, 5.41) is 3.64. The Hall–Kier alpha value is -1.61. The standard InChI is InChI=1S/C18H27N3/c1-16(20-10-7-12-21-13-11-19-15-21)14-18(2,3)17-8-5-4-6-9-17/h4-6,8-9,11,13,15-16,20H,7,10,12,14H2,1-3H3. The maximum atomic E-state index is 4.06. The zero-order valence-electron chi connectivity index (χ0n) is 13.4. The van der Waals surface area contributed by atoms with E-state index in [1.165, 1.54) is 5.56 Å². The molecule has 1 N–H and O–H groups in total. The van der Waals surface area contributed by atoms with Gasteiger partial charge >= 0.3 is 0 Å². The lowest BCUT2D eigenvalue weighted by molar-refractivity contribution is 0.384. The van der Waals surface area contributed by atoms with Crippen molar-refractivity contribution in [1.29, 1.82) is 0 Å². The molecule has 2 aromatic rings. The van der Waals surface area contributed by atoms with Gasteiger partial charge in [-0.25, -0.2) is 4.98 Å². The number of aromatic nitrogens is 2. The highest BCUT2D eigenvalue weighted by Gasteiger charge is 2.22. The van der Waals surface area contributed by atoms with Crippen LogP contribution in [0.4, 0.5) is 0 Å². The number of rotatable bonds is 8. The Balaban J connectivity index is 1.72. The molecule has 1 aromatic carbocycles. The van der Waals surface area contributed by atoms with E-state index in [2.05, 4.69) is 66.0 Å². The van der Waals surface area contributed by atoms with Crippen molar-refractivity contribution in [3.8, 4) is 0 Å².